The molecule has 26 heteroatoms. The van der Waals surface area contributed by atoms with Gasteiger partial charge in [0, 0.05) is 132 Å². The molecule has 5 amide bonds. The number of nitrogens with one attached hydrogen (secondary N) is 6. The molecule has 8 aromatic carbocycles. The molecule has 0 bridgehead atoms. The summed E-state index contributed by atoms with van der Waals surface area (Å²) in [6, 6.07) is 67.6. The molecule has 0 fully saturated rings. The maximum atomic E-state index is 12.5. The van der Waals surface area contributed by atoms with Crippen molar-refractivity contribution in [3.63, 3.8) is 0 Å². The van der Waals surface area contributed by atoms with Crippen LogP contribution in [0.3, 0.4) is 0 Å². The van der Waals surface area contributed by atoms with Gasteiger partial charge in [-0.1, -0.05) is 186 Å². The molecule has 690 valence electrons. The standard InChI is InChI=1S/C23H26N2O.C23H32N2O.C22H25N5O3.C20H24N2O3.C18H14F3N3O/c1-16-15-21(19-7-5-6-8-20(19)24-16)25-22(26)14-11-17-9-12-18(13-10-17)23(2,3)4;1-6-25(7-2)21-15-13-20(14-16-21)24-22(26)17-10-18-8-11-19(12-9-18)23(3,4)5;1-22(2,3)15-6-4-14(17(12-15)21-24-26-27-25-21)5-9-20(28)23-16-7-8-18-19(13-16)30-11-10-29-18;1-20(2,3)14-4-5-15(21-13-14)7-9-19(23)22-16-6-8-17-18(12-16)25-11-10-24-17;19-18(20,21)16-7-3-12(11-23-16)4-8-17(25)24-14-6-5-13-2-1-9-22-15(13)10-14/h5-10,12-13,15H,11,14H2,1-4H3,(H,24,25,26);8-9,11-16H,6-7,10,17H2,1-5H3,(H,24,26);4,6-8,12-13H,5,9-11H2,1-3H3,(H,23,28)(H,24,25,26,27);4-6,8,12-13H,7,9-11H2,1-3H3,(H,22,23);1-3,5-7,9-11H,4,8H2,(H,24,25). The van der Waals surface area contributed by atoms with Crippen LogP contribution in [0.4, 0.5) is 47.3 Å². The van der Waals surface area contributed by atoms with Crippen LogP contribution in [0.2, 0.25) is 0 Å². The summed E-state index contributed by atoms with van der Waals surface area (Å²) in [5.74, 6) is 3.00. The van der Waals surface area contributed by atoms with Gasteiger partial charge in [-0.3, -0.25) is 43.9 Å². The number of carbonyl (C=O) groups excluding carboxylic acids is 5. The summed E-state index contributed by atoms with van der Waals surface area (Å²) >= 11 is 0. The second kappa shape index (κ2) is 45.6. The molecule has 0 saturated carbocycles. The SMILES string of the molecule is CC(C)(C)c1ccc(CCC(=O)Nc2ccc3c(c2)OCCO3)c(-c2nn[nH]n2)c1.CC(C)(C)c1ccc(CCC(=O)Nc2ccc3c(c2)OCCO3)nc1.CCN(CC)c1ccc(NC(=O)CCc2ccc(C(C)(C)C)cc2)cc1.Cc1cc(NC(=O)CCc2ccc(C(C)(C)C)cc2)c2ccccc2n1.O=C(CCc1ccc(C(F)(F)F)nc1)Nc1ccc2cccnc2c1. The van der Waals surface area contributed by atoms with Gasteiger partial charge in [0.15, 0.2) is 23.0 Å². The lowest BCUT2D eigenvalue weighted by molar-refractivity contribution is -0.141. The topological polar surface area (TPSA) is 292 Å². The first-order valence-electron chi connectivity index (χ1n) is 44.8. The lowest BCUT2D eigenvalue weighted by Crippen LogP contribution is -2.21. The minimum Gasteiger partial charge on any atom is -0.486 e. The van der Waals surface area contributed by atoms with Crippen LogP contribution < -0.4 is 50.4 Å². The number of anilines is 6. The minimum absolute atomic E-state index is 0.00732. The van der Waals surface area contributed by atoms with Gasteiger partial charge < -0.3 is 50.4 Å². The summed E-state index contributed by atoms with van der Waals surface area (Å²) in [7, 11) is 0. The van der Waals surface area contributed by atoms with Crippen molar-refractivity contribution in [1.29, 1.82) is 0 Å². The van der Waals surface area contributed by atoms with Crippen molar-refractivity contribution >= 4 is 85.5 Å². The predicted molar refractivity (Wildman–Crippen MR) is 519 cm³/mol. The first-order chi connectivity index (χ1) is 62.9. The third-order valence-electron chi connectivity index (χ3n) is 22.1. The number of carbonyl (C=O) groups is 5. The number of hydrogen-bond acceptors (Lipinski definition) is 17. The van der Waals surface area contributed by atoms with Crippen molar-refractivity contribution in [2.75, 3.05) is 71.0 Å². The van der Waals surface area contributed by atoms with Crippen molar-refractivity contribution < 1.29 is 56.1 Å². The van der Waals surface area contributed by atoms with Crippen LogP contribution in [-0.4, -0.2) is 110 Å². The molecule has 6 N–H and O–H groups in total. The summed E-state index contributed by atoms with van der Waals surface area (Å²) in [5.41, 5.74) is 17.7. The van der Waals surface area contributed by atoms with Crippen LogP contribution >= 0.6 is 0 Å². The van der Waals surface area contributed by atoms with Gasteiger partial charge in [-0.25, -0.2) is 0 Å². The average molecular weight is 1790 g/mol. The summed E-state index contributed by atoms with van der Waals surface area (Å²) in [6.07, 6.45) is 5.05. The molecule has 15 rings (SSSR count). The second-order valence-electron chi connectivity index (χ2n) is 36.5. The number of aromatic nitrogens is 8. The minimum atomic E-state index is -4.46. The van der Waals surface area contributed by atoms with Crippen LogP contribution in [0, 0.1) is 6.92 Å². The Labute approximate surface area is 771 Å². The summed E-state index contributed by atoms with van der Waals surface area (Å²) in [5, 5.41) is 31.0. The number of para-hydroxylation sites is 1. The molecule has 132 heavy (non-hydrogen) atoms. The summed E-state index contributed by atoms with van der Waals surface area (Å²) < 4.78 is 59.5. The molecule has 0 aliphatic carbocycles. The number of alkyl halides is 3. The third-order valence-corrected chi connectivity index (χ3v) is 22.1. The van der Waals surface area contributed by atoms with E-state index in [2.05, 4.69) is 248 Å². The molecule has 0 unspecified atom stereocenters. The Morgan fingerprint density at radius 3 is 1.40 bits per heavy atom. The first-order valence-corrected chi connectivity index (χ1v) is 44.8. The lowest BCUT2D eigenvalue weighted by Gasteiger charge is -2.21. The highest BCUT2D eigenvalue weighted by Crippen LogP contribution is 2.37. The molecule has 2 aliphatic heterocycles. The maximum absolute atomic E-state index is 12.5. The number of benzene rings is 8. The van der Waals surface area contributed by atoms with E-state index in [1.54, 1.807) is 30.5 Å². The molecular weight excluding hydrogens is 1670 g/mol. The number of amides is 5. The summed E-state index contributed by atoms with van der Waals surface area (Å²) in [6.45, 7) is 36.5. The third kappa shape index (κ3) is 30.1. The van der Waals surface area contributed by atoms with E-state index in [0.717, 1.165) is 93.9 Å². The predicted octanol–water partition coefficient (Wildman–Crippen LogP) is 22.3. The Kier molecular flexibility index (Phi) is 34.1. The van der Waals surface area contributed by atoms with Crippen molar-refractivity contribution in [3.05, 3.63) is 293 Å². The largest absolute Gasteiger partial charge is 0.486 e. The van der Waals surface area contributed by atoms with E-state index in [9.17, 15) is 37.1 Å². The Balaban J connectivity index is 0.000000159. The number of aromatic amines is 1. The molecule has 0 atom stereocenters. The van der Waals surface area contributed by atoms with Crippen molar-refractivity contribution in [1.82, 2.24) is 40.6 Å². The van der Waals surface area contributed by atoms with E-state index < -0.39 is 11.9 Å². The number of fused-ring (bicyclic) bond motifs is 4. The van der Waals surface area contributed by atoms with Crippen LogP contribution in [0.15, 0.2) is 231 Å². The Bertz CT molecular complexity index is 6010. The fraction of sp³-hybridized carbons (Fsp3) is 0.340. The van der Waals surface area contributed by atoms with E-state index in [-0.39, 0.29) is 57.6 Å². The highest BCUT2D eigenvalue weighted by atomic mass is 19.4. The fourth-order valence-electron chi connectivity index (χ4n) is 14.4. The molecule has 2 aliphatic rings. The molecule has 0 saturated heterocycles. The van der Waals surface area contributed by atoms with E-state index in [0.29, 0.717) is 123 Å². The van der Waals surface area contributed by atoms with Crippen molar-refractivity contribution in [2.45, 2.75) is 196 Å². The number of aryl methyl sites for hydroxylation is 6. The lowest BCUT2D eigenvalue weighted by atomic mass is 9.84. The van der Waals surface area contributed by atoms with Gasteiger partial charge >= 0.3 is 6.18 Å². The molecule has 0 spiro atoms. The van der Waals surface area contributed by atoms with Gasteiger partial charge in [-0.2, -0.15) is 18.4 Å². The van der Waals surface area contributed by atoms with Crippen LogP contribution in [0.1, 0.15) is 191 Å². The number of nitrogens with zero attached hydrogens (tertiary/aromatic N) is 8. The van der Waals surface area contributed by atoms with Gasteiger partial charge in [0.1, 0.15) is 32.1 Å². The fourth-order valence-corrected chi connectivity index (χ4v) is 14.4. The van der Waals surface area contributed by atoms with Gasteiger partial charge in [-0.05, 0) is 221 Å². The second-order valence-corrected chi connectivity index (χ2v) is 36.5. The number of rotatable bonds is 24. The van der Waals surface area contributed by atoms with E-state index >= 15 is 0 Å². The highest BCUT2D eigenvalue weighted by molar-refractivity contribution is 6.01. The molecule has 7 heterocycles. The zero-order valence-electron chi connectivity index (χ0n) is 78.1. The smallest absolute Gasteiger partial charge is 0.433 e. The average Bonchev–Trinajstić information content (AvgIpc) is 1.24. The number of pyridine rings is 4. The molecule has 13 aromatic rings. The van der Waals surface area contributed by atoms with Crippen LogP contribution in [0.25, 0.3) is 33.2 Å². The Morgan fingerprint density at radius 2 is 0.894 bits per heavy atom. The van der Waals surface area contributed by atoms with Crippen molar-refractivity contribution in [3.8, 4) is 34.4 Å². The quantitative estimate of drug-likeness (QED) is 0.0328. The number of hydrogen-bond donors (Lipinski definition) is 6. The molecule has 23 nitrogen and oxygen atoms in total. The number of halogens is 3. The molecular formula is C106H121F3N14O9. The van der Waals surface area contributed by atoms with E-state index in [4.69, 9.17) is 18.9 Å². The van der Waals surface area contributed by atoms with E-state index in [1.807, 2.05) is 110 Å². The van der Waals surface area contributed by atoms with Gasteiger partial charge in [0.2, 0.25) is 35.4 Å². The highest BCUT2D eigenvalue weighted by Gasteiger charge is 2.32. The van der Waals surface area contributed by atoms with Gasteiger partial charge in [0.05, 0.1) is 16.7 Å². The number of H-pyrrole nitrogens is 1. The zero-order chi connectivity index (χ0) is 94.8. The maximum Gasteiger partial charge on any atom is 0.433 e. The van der Waals surface area contributed by atoms with Gasteiger partial charge in [-0.15, -0.1) is 10.2 Å². The van der Waals surface area contributed by atoms with E-state index in [1.165, 1.54) is 45.1 Å². The zero-order valence-corrected chi connectivity index (χ0v) is 78.1. The van der Waals surface area contributed by atoms with Crippen LogP contribution in [-0.2, 0) is 83.9 Å². The first kappa shape index (κ1) is 98.7. The number of tetrazole rings is 1. The summed E-state index contributed by atoms with van der Waals surface area (Å²) in [4.78, 5) is 80.3. The van der Waals surface area contributed by atoms with Gasteiger partial charge in [0.25, 0.3) is 0 Å². The number of ether oxygens (including phenoxy) is 4. The normalized spacial score (nSPS) is 12.2. The Morgan fingerprint density at radius 1 is 0.417 bits per heavy atom. The van der Waals surface area contributed by atoms with Crippen LogP contribution in [0.5, 0.6) is 23.0 Å². The molecule has 0 radical (unpaired) electrons. The van der Waals surface area contributed by atoms with Crippen molar-refractivity contribution in [2.24, 2.45) is 0 Å². The monoisotopic (exact) mass is 1790 g/mol. The Hall–Kier alpha value is -13.9. The molecule has 5 aromatic heterocycles.